The summed E-state index contributed by atoms with van der Waals surface area (Å²) in [5.74, 6) is 2.27. The quantitative estimate of drug-likeness (QED) is 0.639. The number of H-pyrrole nitrogens is 1. The summed E-state index contributed by atoms with van der Waals surface area (Å²) in [5.41, 5.74) is -0.133. The van der Waals surface area contributed by atoms with Gasteiger partial charge in [0.25, 0.3) is 5.56 Å². The van der Waals surface area contributed by atoms with Gasteiger partial charge >= 0.3 is 0 Å². The molecule has 84 valence electrons. The molecule has 1 unspecified atom stereocenters. The molecule has 0 bridgehead atoms. The van der Waals surface area contributed by atoms with Crippen LogP contribution in [0.15, 0.2) is 17.1 Å². The fourth-order valence-corrected chi connectivity index (χ4v) is 2.45. The van der Waals surface area contributed by atoms with E-state index in [9.17, 15) is 4.79 Å². The second-order valence-electron chi connectivity index (χ2n) is 3.35. The predicted octanol–water partition coefficient (Wildman–Crippen LogP) is 2.61. The van der Waals surface area contributed by atoms with E-state index in [0.717, 1.165) is 17.9 Å². The lowest BCUT2D eigenvalue weighted by Crippen LogP contribution is -2.14. The summed E-state index contributed by atoms with van der Waals surface area (Å²) in [6.07, 6.45) is 2.83. The Morgan fingerprint density at radius 3 is 3.00 bits per heavy atom. The van der Waals surface area contributed by atoms with Crippen LogP contribution in [0.25, 0.3) is 0 Å². The van der Waals surface area contributed by atoms with Crippen LogP contribution in [-0.2, 0) is 0 Å². The standard InChI is InChI=1S/C10H16N2OS2/c1-3-15-7-5-8(2)12-6-4-9(13)11-10(12)14/h4,6,8H,3,5,7H2,1-2H3,(H,11,13,14). The van der Waals surface area contributed by atoms with Crippen LogP contribution in [-0.4, -0.2) is 21.1 Å². The number of rotatable bonds is 5. The van der Waals surface area contributed by atoms with Gasteiger partial charge in [0, 0.05) is 18.3 Å². The van der Waals surface area contributed by atoms with Gasteiger partial charge < -0.3 is 4.57 Å². The Morgan fingerprint density at radius 1 is 1.67 bits per heavy atom. The summed E-state index contributed by atoms with van der Waals surface area (Å²) in [7, 11) is 0. The van der Waals surface area contributed by atoms with E-state index in [0.29, 0.717) is 10.8 Å². The Labute approximate surface area is 98.9 Å². The van der Waals surface area contributed by atoms with Crippen LogP contribution in [0.2, 0.25) is 0 Å². The summed E-state index contributed by atoms with van der Waals surface area (Å²) >= 11 is 7.02. The highest BCUT2D eigenvalue weighted by atomic mass is 32.2. The van der Waals surface area contributed by atoms with Gasteiger partial charge in [-0.2, -0.15) is 11.8 Å². The Hall–Kier alpha value is -0.550. The molecule has 0 aliphatic carbocycles. The van der Waals surface area contributed by atoms with Gasteiger partial charge in [-0.05, 0) is 37.1 Å². The van der Waals surface area contributed by atoms with E-state index in [4.69, 9.17) is 12.2 Å². The lowest BCUT2D eigenvalue weighted by Gasteiger charge is -2.14. The molecule has 15 heavy (non-hydrogen) atoms. The maximum Gasteiger partial charge on any atom is 0.251 e. The third kappa shape index (κ3) is 3.83. The average Bonchev–Trinajstić information content (AvgIpc) is 2.17. The van der Waals surface area contributed by atoms with Gasteiger partial charge in [0.15, 0.2) is 4.77 Å². The molecule has 0 fully saturated rings. The van der Waals surface area contributed by atoms with Crippen molar-refractivity contribution in [3.63, 3.8) is 0 Å². The Kier molecular flexibility index (Phi) is 5.11. The van der Waals surface area contributed by atoms with E-state index in [1.807, 2.05) is 16.3 Å². The van der Waals surface area contributed by atoms with Gasteiger partial charge in [-0.1, -0.05) is 6.92 Å². The average molecular weight is 244 g/mol. The number of nitrogens with one attached hydrogen (secondary N) is 1. The predicted molar refractivity (Wildman–Crippen MR) is 68.2 cm³/mol. The highest BCUT2D eigenvalue weighted by molar-refractivity contribution is 7.99. The lowest BCUT2D eigenvalue weighted by atomic mass is 10.2. The maximum absolute atomic E-state index is 11.0. The van der Waals surface area contributed by atoms with E-state index < -0.39 is 0 Å². The third-order valence-electron chi connectivity index (χ3n) is 2.21. The molecule has 0 aliphatic heterocycles. The van der Waals surface area contributed by atoms with Gasteiger partial charge in [-0.15, -0.1) is 0 Å². The third-order valence-corrected chi connectivity index (χ3v) is 3.46. The minimum Gasteiger partial charge on any atom is -0.322 e. The zero-order valence-electron chi connectivity index (χ0n) is 9.03. The van der Waals surface area contributed by atoms with Crippen LogP contribution in [0.1, 0.15) is 26.3 Å². The molecule has 1 rings (SSSR count). The molecule has 3 nitrogen and oxygen atoms in total. The Balaban J connectivity index is 2.69. The number of nitrogens with zero attached hydrogens (tertiary/aromatic N) is 1. The monoisotopic (exact) mass is 244 g/mol. The molecule has 0 spiro atoms. The van der Waals surface area contributed by atoms with Crippen molar-refractivity contribution in [2.24, 2.45) is 0 Å². The number of hydrogen-bond donors (Lipinski definition) is 1. The van der Waals surface area contributed by atoms with E-state index in [1.54, 1.807) is 6.20 Å². The molecule has 1 aromatic rings. The van der Waals surface area contributed by atoms with Gasteiger partial charge in [-0.3, -0.25) is 9.78 Å². The van der Waals surface area contributed by atoms with Crippen LogP contribution >= 0.6 is 24.0 Å². The number of aromatic amines is 1. The van der Waals surface area contributed by atoms with Crippen molar-refractivity contribution in [3.05, 3.63) is 27.4 Å². The van der Waals surface area contributed by atoms with Crippen molar-refractivity contribution in [2.45, 2.75) is 26.3 Å². The molecule has 0 aliphatic rings. The Morgan fingerprint density at radius 2 is 2.40 bits per heavy atom. The molecule has 5 heteroatoms. The molecule has 1 heterocycles. The Bertz CT molecular complexity index is 410. The SMILES string of the molecule is CCSCCC(C)n1ccc(=O)[nH]c1=S. The number of thioether (sulfide) groups is 1. The van der Waals surface area contributed by atoms with Crippen LogP contribution in [0.3, 0.4) is 0 Å². The summed E-state index contributed by atoms with van der Waals surface area (Å²) < 4.78 is 2.45. The first kappa shape index (κ1) is 12.5. The van der Waals surface area contributed by atoms with E-state index in [1.165, 1.54) is 6.07 Å². The minimum atomic E-state index is -0.133. The summed E-state index contributed by atoms with van der Waals surface area (Å²) in [6, 6.07) is 1.85. The largest absolute Gasteiger partial charge is 0.322 e. The van der Waals surface area contributed by atoms with Crippen molar-refractivity contribution in [1.29, 1.82) is 0 Å². The first-order valence-electron chi connectivity index (χ1n) is 5.04. The molecule has 0 aromatic carbocycles. The molecule has 0 saturated carbocycles. The van der Waals surface area contributed by atoms with Crippen molar-refractivity contribution < 1.29 is 0 Å². The van der Waals surface area contributed by atoms with Gasteiger partial charge in [0.2, 0.25) is 0 Å². The van der Waals surface area contributed by atoms with E-state index in [-0.39, 0.29) is 5.56 Å². The van der Waals surface area contributed by atoms with Gasteiger partial charge in [-0.25, -0.2) is 0 Å². The van der Waals surface area contributed by atoms with Crippen molar-refractivity contribution in [3.8, 4) is 0 Å². The fourth-order valence-electron chi connectivity index (χ4n) is 1.31. The van der Waals surface area contributed by atoms with E-state index in [2.05, 4.69) is 18.8 Å². The zero-order valence-corrected chi connectivity index (χ0v) is 10.7. The van der Waals surface area contributed by atoms with Crippen LogP contribution in [0, 0.1) is 4.77 Å². The zero-order chi connectivity index (χ0) is 11.3. The lowest BCUT2D eigenvalue weighted by molar-refractivity contribution is 0.516. The first-order valence-corrected chi connectivity index (χ1v) is 6.60. The normalized spacial score (nSPS) is 12.7. The highest BCUT2D eigenvalue weighted by Crippen LogP contribution is 2.13. The molecule has 1 atom stereocenters. The molecule has 1 aromatic heterocycles. The fraction of sp³-hybridized carbons (Fsp3) is 0.600. The number of aromatic nitrogens is 2. The number of hydrogen-bond acceptors (Lipinski definition) is 3. The van der Waals surface area contributed by atoms with E-state index >= 15 is 0 Å². The highest BCUT2D eigenvalue weighted by Gasteiger charge is 2.04. The first-order chi connectivity index (χ1) is 7.15. The van der Waals surface area contributed by atoms with Crippen LogP contribution < -0.4 is 5.56 Å². The molecule has 0 radical (unpaired) electrons. The molecular weight excluding hydrogens is 228 g/mol. The molecule has 1 N–H and O–H groups in total. The van der Waals surface area contributed by atoms with Crippen molar-refractivity contribution in [2.75, 3.05) is 11.5 Å². The molecular formula is C10H16N2OS2. The second kappa shape index (κ2) is 6.12. The smallest absolute Gasteiger partial charge is 0.251 e. The molecule has 0 saturated heterocycles. The molecule has 0 amide bonds. The minimum absolute atomic E-state index is 0.133. The second-order valence-corrected chi connectivity index (χ2v) is 5.13. The topological polar surface area (TPSA) is 37.8 Å². The maximum atomic E-state index is 11.0. The summed E-state index contributed by atoms with van der Waals surface area (Å²) in [6.45, 7) is 4.27. The van der Waals surface area contributed by atoms with Crippen molar-refractivity contribution >= 4 is 24.0 Å². The van der Waals surface area contributed by atoms with Gasteiger partial charge in [0.05, 0.1) is 0 Å². The van der Waals surface area contributed by atoms with Crippen molar-refractivity contribution in [1.82, 2.24) is 9.55 Å². The summed E-state index contributed by atoms with van der Waals surface area (Å²) in [4.78, 5) is 13.6. The van der Waals surface area contributed by atoms with Gasteiger partial charge in [0.1, 0.15) is 0 Å². The summed E-state index contributed by atoms with van der Waals surface area (Å²) in [5, 5.41) is 0. The van der Waals surface area contributed by atoms with Crippen LogP contribution in [0.5, 0.6) is 0 Å². The van der Waals surface area contributed by atoms with Crippen LogP contribution in [0.4, 0.5) is 0 Å².